The molecule has 140 valence electrons. The molecule has 1 aliphatic heterocycles. The van der Waals surface area contributed by atoms with Crippen molar-refractivity contribution in [2.45, 2.75) is 25.0 Å². The molecule has 3 heterocycles. The van der Waals surface area contributed by atoms with Crippen LogP contribution in [0.1, 0.15) is 13.8 Å². The lowest BCUT2D eigenvalue weighted by molar-refractivity contribution is -0.138. The second kappa shape index (κ2) is 7.20. The second-order valence-corrected chi connectivity index (χ2v) is 7.84. The van der Waals surface area contributed by atoms with Crippen molar-refractivity contribution in [2.75, 3.05) is 12.4 Å². The lowest BCUT2D eigenvalue weighted by Crippen LogP contribution is -2.49. The smallest absolute Gasteiger partial charge is 0.337 e. The molecule has 0 saturated carbocycles. The second-order valence-electron chi connectivity index (χ2n) is 5.89. The first-order chi connectivity index (χ1) is 13.1. The topological polar surface area (TPSA) is 97.6 Å². The molecule has 8 nitrogen and oxygen atoms in total. The van der Waals surface area contributed by atoms with E-state index in [4.69, 9.17) is 4.74 Å². The third-order valence-corrected chi connectivity index (χ3v) is 6.09. The SMILES string of the molecule is CCOC(=O)C1=C(CSc2nnc3sc4ccccc4n23)NC(=O)NC1C. The van der Waals surface area contributed by atoms with E-state index >= 15 is 0 Å². The molecular formula is C17H17N5O3S2. The number of ether oxygens (including phenoxy) is 1. The average Bonchev–Trinajstić information content (AvgIpc) is 3.18. The number of benzene rings is 1. The van der Waals surface area contributed by atoms with Crippen LogP contribution in [0.2, 0.25) is 0 Å². The third kappa shape index (κ3) is 3.26. The molecule has 0 aliphatic carbocycles. The highest BCUT2D eigenvalue weighted by atomic mass is 32.2. The standard InChI is InChI=1S/C17H17N5O3S2/c1-3-25-14(23)13-9(2)18-15(24)19-10(13)8-26-16-20-21-17-22(16)11-6-4-5-7-12(11)27-17/h4-7,9H,3,8H2,1-2H3,(H2,18,19,24). The molecule has 1 atom stereocenters. The Morgan fingerprint density at radius 3 is 3.00 bits per heavy atom. The maximum atomic E-state index is 12.3. The van der Waals surface area contributed by atoms with Crippen molar-refractivity contribution < 1.29 is 14.3 Å². The minimum atomic E-state index is -0.430. The number of carbonyl (C=O) groups excluding carboxylic acids is 2. The summed E-state index contributed by atoms with van der Waals surface area (Å²) in [6.45, 7) is 3.79. The van der Waals surface area contributed by atoms with Gasteiger partial charge in [0.05, 0.1) is 28.4 Å². The molecule has 3 aromatic rings. The summed E-state index contributed by atoms with van der Waals surface area (Å²) >= 11 is 2.98. The Bertz CT molecular complexity index is 1070. The van der Waals surface area contributed by atoms with Gasteiger partial charge in [-0.05, 0) is 26.0 Å². The molecule has 0 fully saturated rings. The first-order valence-corrected chi connectivity index (χ1v) is 10.2. The first kappa shape index (κ1) is 17.8. The Morgan fingerprint density at radius 1 is 1.37 bits per heavy atom. The van der Waals surface area contributed by atoms with Gasteiger partial charge in [-0.3, -0.25) is 4.40 Å². The van der Waals surface area contributed by atoms with Crippen LogP contribution in [-0.2, 0) is 9.53 Å². The van der Waals surface area contributed by atoms with Gasteiger partial charge in [0.2, 0.25) is 4.96 Å². The summed E-state index contributed by atoms with van der Waals surface area (Å²) in [5, 5.41) is 14.6. The number of nitrogens with zero attached hydrogens (tertiary/aromatic N) is 3. The normalized spacial score (nSPS) is 17.3. The molecule has 0 saturated heterocycles. The van der Waals surface area contributed by atoms with E-state index in [0.29, 0.717) is 22.2 Å². The molecule has 2 N–H and O–H groups in total. The van der Waals surface area contributed by atoms with E-state index in [9.17, 15) is 9.59 Å². The highest BCUT2D eigenvalue weighted by Gasteiger charge is 2.30. The molecule has 0 radical (unpaired) electrons. The average molecular weight is 403 g/mol. The number of esters is 1. The van der Waals surface area contributed by atoms with Crippen molar-refractivity contribution in [1.29, 1.82) is 0 Å². The van der Waals surface area contributed by atoms with Crippen molar-refractivity contribution >= 4 is 50.3 Å². The predicted octanol–water partition coefficient (Wildman–Crippen LogP) is 2.55. The van der Waals surface area contributed by atoms with Gasteiger partial charge in [-0.15, -0.1) is 10.2 Å². The van der Waals surface area contributed by atoms with Crippen molar-refractivity contribution in [3.63, 3.8) is 0 Å². The fourth-order valence-electron chi connectivity index (χ4n) is 2.98. The van der Waals surface area contributed by atoms with Crippen LogP contribution in [-0.4, -0.2) is 45.0 Å². The summed E-state index contributed by atoms with van der Waals surface area (Å²) in [6, 6.07) is 7.26. The van der Waals surface area contributed by atoms with Gasteiger partial charge in [0.1, 0.15) is 0 Å². The van der Waals surface area contributed by atoms with E-state index in [-0.39, 0.29) is 12.6 Å². The van der Waals surface area contributed by atoms with E-state index < -0.39 is 12.0 Å². The fourth-order valence-corrected chi connectivity index (χ4v) is 4.92. The Balaban J connectivity index is 1.66. The maximum absolute atomic E-state index is 12.3. The zero-order valence-corrected chi connectivity index (χ0v) is 16.3. The Hall–Kier alpha value is -2.59. The van der Waals surface area contributed by atoms with Gasteiger partial charge in [0, 0.05) is 11.4 Å². The number of hydrogen-bond acceptors (Lipinski definition) is 7. The number of carbonyl (C=O) groups is 2. The van der Waals surface area contributed by atoms with E-state index in [1.165, 1.54) is 11.8 Å². The number of hydrogen-bond donors (Lipinski definition) is 2. The van der Waals surface area contributed by atoms with Crippen LogP contribution >= 0.6 is 23.1 Å². The van der Waals surface area contributed by atoms with Crippen LogP contribution in [0.25, 0.3) is 15.2 Å². The Labute approximate surface area is 163 Å². The zero-order valence-electron chi connectivity index (χ0n) is 14.7. The number of amides is 2. The van der Waals surface area contributed by atoms with Crippen molar-refractivity contribution in [3.05, 3.63) is 35.5 Å². The third-order valence-electron chi connectivity index (χ3n) is 4.12. The number of fused-ring (bicyclic) bond motifs is 3. The number of thioether (sulfide) groups is 1. The molecule has 1 aromatic carbocycles. The minimum Gasteiger partial charge on any atom is -0.463 e. The molecule has 1 unspecified atom stereocenters. The first-order valence-electron chi connectivity index (χ1n) is 8.41. The molecule has 4 rings (SSSR count). The van der Waals surface area contributed by atoms with Gasteiger partial charge in [0.25, 0.3) is 0 Å². The molecule has 1 aliphatic rings. The molecule has 0 bridgehead atoms. The molecule has 2 amide bonds. The highest BCUT2D eigenvalue weighted by Crippen LogP contribution is 2.30. The number of para-hydroxylation sites is 1. The Morgan fingerprint density at radius 2 is 2.19 bits per heavy atom. The van der Waals surface area contributed by atoms with Crippen LogP contribution < -0.4 is 10.6 Å². The summed E-state index contributed by atoms with van der Waals surface area (Å²) in [6.07, 6.45) is 0. The van der Waals surface area contributed by atoms with Gasteiger partial charge < -0.3 is 15.4 Å². The van der Waals surface area contributed by atoms with Gasteiger partial charge in [-0.1, -0.05) is 35.2 Å². The van der Waals surface area contributed by atoms with Crippen LogP contribution in [0.15, 0.2) is 40.7 Å². The summed E-state index contributed by atoms with van der Waals surface area (Å²) < 4.78 is 8.25. The summed E-state index contributed by atoms with van der Waals surface area (Å²) in [5.41, 5.74) is 2.00. The van der Waals surface area contributed by atoms with Crippen LogP contribution in [0.5, 0.6) is 0 Å². The van der Waals surface area contributed by atoms with Gasteiger partial charge in [-0.25, -0.2) is 9.59 Å². The summed E-state index contributed by atoms with van der Waals surface area (Å²) in [5.74, 6) is -0.0582. The van der Waals surface area contributed by atoms with Crippen molar-refractivity contribution in [2.24, 2.45) is 0 Å². The monoisotopic (exact) mass is 403 g/mol. The van der Waals surface area contributed by atoms with E-state index in [1.807, 2.05) is 28.7 Å². The number of urea groups is 1. The summed E-state index contributed by atoms with van der Waals surface area (Å²) in [4.78, 5) is 25.0. The number of thiazole rings is 1. The quantitative estimate of drug-likeness (QED) is 0.502. The van der Waals surface area contributed by atoms with E-state index in [2.05, 4.69) is 20.8 Å². The lowest BCUT2D eigenvalue weighted by atomic mass is 10.1. The van der Waals surface area contributed by atoms with Crippen LogP contribution in [0, 0.1) is 0 Å². The fraction of sp³-hybridized carbons (Fsp3) is 0.294. The molecule has 27 heavy (non-hydrogen) atoms. The van der Waals surface area contributed by atoms with Crippen molar-refractivity contribution in [3.8, 4) is 0 Å². The van der Waals surface area contributed by atoms with Gasteiger partial charge >= 0.3 is 12.0 Å². The van der Waals surface area contributed by atoms with Crippen molar-refractivity contribution in [1.82, 2.24) is 25.2 Å². The molecule has 0 spiro atoms. The van der Waals surface area contributed by atoms with Gasteiger partial charge in [0.15, 0.2) is 5.16 Å². The van der Waals surface area contributed by atoms with E-state index in [1.54, 1.807) is 25.2 Å². The largest absolute Gasteiger partial charge is 0.463 e. The number of nitrogens with one attached hydrogen (secondary N) is 2. The number of aromatic nitrogens is 3. The lowest BCUT2D eigenvalue weighted by Gasteiger charge is -2.26. The zero-order chi connectivity index (χ0) is 19.0. The highest BCUT2D eigenvalue weighted by molar-refractivity contribution is 7.99. The number of rotatable bonds is 5. The molecule has 10 heteroatoms. The summed E-state index contributed by atoms with van der Waals surface area (Å²) in [7, 11) is 0. The van der Waals surface area contributed by atoms with E-state index in [0.717, 1.165) is 15.2 Å². The Kier molecular flexibility index (Phi) is 4.75. The minimum absolute atomic E-state index is 0.273. The molecule has 2 aromatic heterocycles. The predicted molar refractivity (Wildman–Crippen MR) is 104 cm³/mol. The van der Waals surface area contributed by atoms with Crippen LogP contribution in [0.4, 0.5) is 4.79 Å². The molecular weight excluding hydrogens is 386 g/mol. The van der Waals surface area contributed by atoms with Crippen LogP contribution in [0.3, 0.4) is 0 Å². The van der Waals surface area contributed by atoms with Gasteiger partial charge in [-0.2, -0.15) is 0 Å². The maximum Gasteiger partial charge on any atom is 0.337 e.